The largest absolute Gasteiger partial charge is 0.478 e. The Hall–Kier alpha value is -5.71. The van der Waals surface area contributed by atoms with Gasteiger partial charge in [-0.3, -0.25) is 24.1 Å². The van der Waals surface area contributed by atoms with Crippen molar-refractivity contribution in [3.8, 4) is 5.69 Å². The van der Waals surface area contributed by atoms with Gasteiger partial charge in [0.2, 0.25) is 11.8 Å². The highest BCUT2D eigenvalue weighted by Crippen LogP contribution is 2.25. The summed E-state index contributed by atoms with van der Waals surface area (Å²) in [5.41, 5.74) is 2.16. The molecule has 0 unspecified atom stereocenters. The third-order valence-electron chi connectivity index (χ3n) is 8.87. The number of hydrogen-bond donors (Lipinski definition) is 4. The molecule has 52 heavy (non-hydrogen) atoms. The van der Waals surface area contributed by atoms with E-state index in [1.54, 1.807) is 41.3 Å². The Bertz CT molecular complexity index is 1920. The predicted molar refractivity (Wildman–Crippen MR) is 189 cm³/mol. The third-order valence-corrected chi connectivity index (χ3v) is 9.11. The maximum absolute atomic E-state index is 13.6. The standard InChI is InChI=1S/C35H36ClN9O7/c36-25-5-10-30(45-21-37-41-42-45)28(18-25)39-33(48)34(49)40-29(32(47)38-26-6-3-24(4-7-26)35(50)51)17-22-1-8-27(9-2-22)44-14-13-43(20-31(44)46)19-23-11-15-52-16-12-23/h1-10,18,21,23,29H,11-17,19-20H2,(H,38,47)(H,39,48)(H,40,49)(H,50,51)/t29-/m0/s1. The minimum Gasteiger partial charge on any atom is -0.478 e. The number of piperazine rings is 1. The number of carbonyl (C=O) groups is 5. The molecular formula is C35H36ClN9O7. The monoisotopic (exact) mass is 729 g/mol. The average molecular weight is 730 g/mol. The molecule has 0 bridgehead atoms. The van der Waals surface area contributed by atoms with Gasteiger partial charge in [-0.1, -0.05) is 23.7 Å². The fourth-order valence-corrected chi connectivity index (χ4v) is 6.28. The topological polar surface area (TPSA) is 201 Å². The van der Waals surface area contributed by atoms with Crippen molar-refractivity contribution in [1.29, 1.82) is 0 Å². The molecule has 4 amide bonds. The number of benzene rings is 3. The first-order valence-electron chi connectivity index (χ1n) is 16.6. The molecule has 6 rings (SSSR count). The molecule has 17 heteroatoms. The first kappa shape index (κ1) is 36.1. The summed E-state index contributed by atoms with van der Waals surface area (Å²) in [5.74, 6) is -3.44. The van der Waals surface area contributed by atoms with Crippen LogP contribution in [0, 0.1) is 5.92 Å². The number of carboxylic acids is 1. The van der Waals surface area contributed by atoms with E-state index in [1.807, 2.05) is 0 Å². The molecule has 2 aliphatic heterocycles. The number of nitrogens with zero attached hydrogens (tertiary/aromatic N) is 6. The van der Waals surface area contributed by atoms with E-state index in [9.17, 15) is 29.1 Å². The SMILES string of the molecule is O=C(Nc1cc(Cl)ccc1-n1cnnn1)C(=O)N[C@@H](Cc1ccc(N2CCN(CC3CCOCC3)CC2=O)cc1)C(=O)Nc1ccc(C(=O)O)cc1. The molecule has 0 aliphatic carbocycles. The first-order chi connectivity index (χ1) is 25.1. The Morgan fingerprint density at radius 3 is 2.37 bits per heavy atom. The molecule has 0 saturated carbocycles. The van der Waals surface area contributed by atoms with Gasteiger partial charge in [0.15, 0.2) is 0 Å². The van der Waals surface area contributed by atoms with Crippen LogP contribution in [0.3, 0.4) is 0 Å². The summed E-state index contributed by atoms with van der Waals surface area (Å²) < 4.78 is 6.74. The Morgan fingerprint density at radius 2 is 1.69 bits per heavy atom. The van der Waals surface area contributed by atoms with E-state index in [-0.39, 0.29) is 34.3 Å². The van der Waals surface area contributed by atoms with Gasteiger partial charge < -0.3 is 30.7 Å². The van der Waals surface area contributed by atoms with Crippen LogP contribution < -0.4 is 20.9 Å². The number of anilines is 3. The summed E-state index contributed by atoms with van der Waals surface area (Å²) in [5, 5.41) is 28.2. The number of amides is 4. The molecule has 1 aromatic heterocycles. The molecule has 16 nitrogen and oxygen atoms in total. The first-order valence-corrected chi connectivity index (χ1v) is 17.0. The van der Waals surface area contributed by atoms with Crippen LogP contribution in [0.1, 0.15) is 28.8 Å². The summed E-state index contributed by atoms with van der Waals surface area (Å²) in [7, 11) is 0. The number of aromatic nitrogens is 4. The molecule has 4 aromatic rings. The lowest BCUT2D eigenvalue weighted by Crippen LogP contribution is -2.51. The van der Waals surface area contributed by atoms with Crippen molar-refractivity contribution in [3.05, 3.63) is 89.2 Å². The van der Waals surface area contributed by atoms with Gasteiger partial charge >= 0.3 is 17.8 Å². The lowest BCUT2D eigenvalue weighted by atomic mass is 9.99. The second kappa shape index (κ2) is 16.5. The van der Waals surface area contributed by atoms with E-state index in [1.165, 1.54) is 41.3 Å². The summed E-state index contributed by atoms with van der Waals surface area (Å²) in [6.07, 6.45) is 3.29. The van der Waals surface area contributed by atoms with Crippen molar-refractivity contribution in [2.24, 2.45) is 5.92 Å². The van der Waals surface area contributed by atoms with Crippen molar-refractivity contribution >= 4 is 58.3 Å². The average Bonchev–Trinajstić information content (AvgIpc) is 3.67. The Kier molecular flexibility index (Phi) is 11.5. The van der Waals surface area contributed by atoms with Crippen molar-refractivity contribution in [2.75, 3.05) is 54.9 Å². The molecule has 4 N–H and O–H groups in total. The smallest absolute Gasteiger partial charge is 0.335 e. The highest BCUT2D eigenvalue weighted by molar-refractivity contribution is 6.40. The quantitative estimate of drug-likeness (QED) is 0.165. The second-order valence-corrected chi connectivity index (χ2v) is 12.9. The van der Waals surface area contributed by atoms with E-state index in [0.717, 1.165) is 39.1 Å². The van der Waals surface area contributed by atoms with Crippen LogP contribution in [-0.2, 0) is 30.3 Å². The molecule has 0 radical (unpaired) electrons. The van der Waals surface area contributed by atoms with Crippen LogP contribution in [-0.4, -0.2) is 105 Å². The van der Waals surface area contributed by atoms with E-state index in [2.05, 4.69) is 36.4 Å². The normalized spacial score (nSPS) is 15.9. The van der Waals surface area contributed by atoms with Gasteiger partial charge in [0.05, 0.1) is 23.5 Å². The number of aromatic carboxylic acids is 1. The van der Waals surface area contributed by atoms with Crippen LogP contribution >= 0.6 is 11.6 Å². The van der Waals surface area contributed by atoms with Gasteiger partial charge in [-0.15, -0.1) is 5.10 Å². The van der Waals surface area contributed by atoms with Crippen LogP contribution in [0.2, 0.25) is 5.02 Å². The fourth-order valence-electron chi connectivity index (χ4n) is 6.11. The number of ether oxygens (including phenoxy) is 1. The number of halogens is 1. The van der Waals surface area contributed by atoms with Gasteiger partial charge in [-0.05, 0) is 89.3 Å². The molecule has 2 saturated heterocycles. The lowest BCUT2D eigenvalue weighted by Gasteiger charge is -2.36. The van der Waals surface area contributed by atoms with Gasteiger partial charge in [0, 0.05) is 55.7 Å². The Labute approximate surface area is 303 Å². The minimum atomic E-state index is -1.24. The van der Waals surface area contributed by atoms with Crippen LogP contribution in [0.15, 0.2) is 73.1 Å². The zero-order chi connectivity index (χ0) is 36.6. The summed E-state index contributed by atoms with van der Waals surface area (Å²) in [4.78, 5) is 68.3. The zero-order valence-electron chi connectivity index (χ0n) is 27.9. The molecule has 0 spiro atoms. The molecule has 3 aromatic carbocycles. The Balaban J connectivity index is 1.14. The number of rotatable bonds is 11. The molecular weight excluding hydrogens is 694 g/mol. The summed E-state index contributed by atoms with van der Waals surface area (Å²) in [6, 6.07) is 15.9. The molecule has 2 fully saturated rings. The predicted octanol–water partition coefficient (Wildman–Crippen LogP) is 2.39. The summed E-state index contributed by atoms with van der Waals surface area (Å²) >= 11 is 6.15. The molecule has 3 heterocycles. The number of nitrogens with one attached hydrogen (secondary N) is 3. The van der Waals surface area contributed by atoms with E-state index >= 15 is 0 Å². The van der Waals surface area contributed by atoms with E-state index in [0.29, 0.717) is 35.9 Å². The lowest BCUT2D eigenvalue weighted by molar-refractivity contribution is -0.137. The number of hydrogen-bond acceptors (Lipinski definition) is 10. The van der Waals surface area contributed by atoms with Gasteiger partial charge in [0.1, 0.15) is 12.4 Å². The zero-order valence-corrected chi connectivity index (χ0v) is 28.7. The van der Waals surface area contributed by atoms with Crippen LogP contribution in [0.5, 0.6) is 0 Å². The number of carboxylic acid groups (broad SMARTS) is 1. The molecule has 270 valence electrons. The highest BCUT2D eigenvalue weighted by Gasteiger charge is 2.29. The molecule has 2 aliphatic rings. The van der Waals surface area contributed by atoms with Gasteiger partial charge in [-0.2, -0.15) is 4.68 Å². The number of tetrazole rings is 1. The minimum absolute atomic E-state index is 0.00144. The van der Waals surface area contributed by atoms with E-state index in [4.69, 9.17) is 16.3 Å². The third kappa shape index (κ3) is 9.14. The highest BCUT2D eigenvalue weighted by atomic mass is 35.5. The second-order valence-electron chi connectivity index (χ2n) is 12.5. The van der Waals surface area contributed by atoms with Crippen LogP contribution in [0.4, 0.5) is 17.1 Å². The van der Waals surface area contributed by atoms with Gasteiger partial charge in [-0.25, -0.2) is 4.79 Å². The van der Waals surface area contributed by atoms with Crippen molar-refractivity contribution in [1.82, 2.24) is 30.4 Å². The van der Waals surface area contributed by atoms with Crippen molar-refractivity contribution in [2.45, 2.75) is 25.3 Å². The van der Waals surface area contributed by atoms with E-state index < -0.39 is 29.7 Å². The van der Waals surface area contributed by atoms with Gasteiger partial charge in [0.25, 0.3) is 0 Å². The Morgan fingerprint density at radius 1 is 0.942 bits per heavy atom. The summed E-state index contributed by atoms with van der Waals surface area (Å²) in [6.45, 7) is 4.02. The maximum atomic E-state index is 13.6. The number of carbonyl (C=O) groups excluding carboxylic acids is 4. The fraction of sp³-hybridized carbons (Fsp3) is 0.314. The van der Waals surface area contributed by atoms with Crippen molar-refractivity contribution < 1.29 is 33.8 Å². The van der Waals surface area contributed by atoms with Crippen molar-refractivity contribution in [3.63, 3.8) is 0 Å². The molecule has 1 atom stereocenters. The van der Waals surface area contributed by atoms with Crippen LogP contribution in [0.25, 0.3) is 5.69 Å². The maximum Gasteiger partial charge on any atom is 0.335 e.